The topological polar surface area (TPSA) is 40.5 Å². The Morgan fingerprint density at radius 1 is 1.00 bits per heavy atom. The molecule has 1 N–H and O–H groups in total. The summed E-state index contributed by atoms with van der Waals surface area (Å²) in [7, 11) is 0. The first kappa shape index (κ1) is 21.7. The summed E-state index contributed by atoms with van der Waals surface area (Å²) in [6.45, 7) is 11.3. The van der Waals surface area contributed by atoms with E-state index in [0.717, 1.165) is 50.0 Å². The van der Waals surface area contributed by atoms with Crippen LogP contribution in [0.1, 0.15) is 73.5 Å². The van der Waals surface area contributed by atoms with Gasteiger partial charge in [-0.05, 0) is 49.3 Å². The Morgan fingerprint density at radius 2 is 1.59 bits per heavy atom. The van der Waals surface area contributed by atoms with Crippen molar-refractivity contribution in [3.05, 3.63) is 70.8 Å². The highest BCUT2D eigenvalue weighted by Gasteiger charge is 2.33. The van der Waals surface area contributed by atoms with E-state index in [1.807, 2.05) is 12.1 Å². The van der Waals surface area contributed by atoms with Gasteiger partial charge in [-0.2, -0.15) is 0 Å². The van der Waals surface area contributed by atoms with Crippen LogP contribution in [-0.2, 0) is 11.0 Å². The number of likely N-dealkylation sites (tertiary alicyclic amines) is 1. The van der Waals surface area contributed by atoms with Crippen molar-refractivity contribution in [2.45, 2.75) is 64.4 Å². The fourth-order valence-electron chi connectivity index (χ4n) is 4.06. The second-order valence-corrected chi connectivity index (χ2v) is 9.59. The van der Waals surface area contributed by atoms with Gasteiger partial charge in [0, 0.05) is 25.1 Å². The van der Waals surface area contributed by atoms with Gasteiger partial charge in [0.1, 0.15) is 0 Å². The second-order valence-electron chi connectivity index (χ2n) is 9.59. The number of aliphatic hydroxyl groups is 1. The summed E-state index contributed by atoms with van der Waals surface area (Å²) < 4.78 is 0. The fourth-order valence-corrected chi connectivity index (χ4v) is 4.06. The third kappa shape index (κ3) is 5.55. The Bertz CT molecular complexity index is 807. The van der Waals surface area contributed by atoms with Crippen LogP contribution in [-0.4, -0.2) is 35.4 Å². The molecule has 0 bridgehead atoms. The summed E-state index contributed by atoms with van der Waals surface area (Å²) in [6, 6.07) is 16.3. The highest BCUT2D eigenvalue weighted by atomic mass is 16.3. The number of piperidine rings is 1. The maximum Gasteiger partial charge on any atom is 0.162 e. The van der Waals surface area contributed by atoms with Crippen molar-refractivity contribution < 1.29 is 9.90 Å². The third-order valence-electron chi connectivity index (χ3n) is 6.22. The number of aryl methyl sites for hydroxylation is 1. The molecule has 0 aromatic heterocycles. The number of benzene rings is 2. The average Bonchev–Trinajstić information content (AvgIpc) is 2.69. The Kier molecular flexibility index (Phi) is 6.60. The summed E-state index contributed by atoms with van der Waals surface area (Å²) in [6.07, 6.45) is 2.94. The van der Waals surface area contributed by atoms with Crippen LogP contribution in [0.15, 0.2) is 48.5 Å². The van der Waals surface area contributed by atoms with Gasteiger partial charge in [0.05, 0.1) is 5.60 Å². The zero-order valence-corrected chi connectivity index (χ0v) is 18.4. The van der Waals surface area contributed by atoms with Crippen molar-refractivity contribution >= 4 is 5.78 Å². The van der Waals surface area contributed by atoms with Crippen molar-refractivity contribution in [3.63, 3.8) is 0 Å². The van der Waals surface area contributed by atoms with Crippen LogP contribution in [0.2, 0.25) is 0 Å². The molecule has 2 aromatic carbocycles. The molecule has 1 saturated heterocycles. The lowest BCUT2D eigenvalue weighted by atomic mass is 9.84. The number of nitrogens with zero attached hydrogens (tertiary/aromatic N) is 1. The van der Waals surface area contributed by atoms with Crippen molar-refractivity contribution in [3.8, 4) is 0 Å². The van der Waals surface area contributed by atoms with Crippen LogP contribution in [0.25, 0.3) is 0 Å². The van der Waals surface area contributed by atoms with E-state index in [1.165, 1.54) is 11.1 Å². The minimum absolute atomic E-state index is 0.107. The van der Waals surface area contributed by atoms with Crippen LogP contribution >= 0.6 is 0 Å². The molecule has 1 aliphatic heterocycles. The molecule has 3 rings (SSSR count). The van der Waals surface area contributed by atoms with Gasteiger partial charge in [-0.25, -0.2) is 0 Å². The standard InChI is InChI=1S/C26H35NO2/c1-20-7-11-23(12-8-20)26(29)15-18-27(19-16-26)17-5-6-24(28)21-9-13-22(14-10-21)25(2,3)4/h7-14,29H,5-6,15-19H2,1-4H3. The molecule has 2 aromatic rings. The molecule has 3 heteroatoms. The zero-order chi connectivity index (χ0) is 21.1. The van der Waals surface area contributed by atoms with Crippen LogP contribution in [0, 0.1) is 6.92 Å². The zero-order valence-electron chi connectivity index (χ0n) is 18.4. The van der Waals surface area contributed by atoms with E-state index in [4.69, 9.17) is 0 Å². The quantitative estimate of drug-likeness (QED) is 0.683. The SMILES string of the molecule is Cc1ccc(C2(O)CCN(CCCC(=O)c3ccc(C(C)(C)C)cc3)CC2)cc1. The maximum atomic E-state index is 12.5. The summed E-state index contributed by atoms with van der Waals surface area (Å²) >= 11 is 0. The molecule has 156 valence electrons. The van der Waals surface area contributed by atoms with E-state index >= 15 is 0 Å². The monoisotopic (exact) mass is 393 g/mol. The van der Waals surface area contributed by atoms with Gasteiger partial charge in [0.2, 0.25) is 0 Å². The van der Waals surface area contributed by atoms with E-state index in [9.17, 15) is 9.90 Å². The molecule has 0 radical (unpaired) electrons. The number of carbonyl (C=O) groups is 1. The third-order valence-corrected chi connectivity index (χ3v) is 6.22. The van der Waals surface area contributed by atoms with Crippen LogP contribution in [0.5, 0.6) is 0 Å². The number of hydrogen-bond donors (Lipinski definition) is 1. The first-order valence-electron chi connectivity index (χ1n) is 10.8. The van der Waals surface area contributed by atoms with E-state index in [-0.39, 0.29) is 11.2 Å². The average molecular weight is 394 g/mol. The van der Waals surface area contributed by atoms with Crippen LogP contribution < -0.4 is 0 Å². The van der Waals surface area contributed by atoms with Gasteiger partial charge in [0.25, 0.3) is 0 Å². The molecule has 1 heterocycles. The lowest BCUT2D eigenvalue weighted by Crippen LogP contribution is -2.42. The number of hydrogen-bond acceptors (Lipinski definition) is 3. The highest BCUT2D eigenvalue weighted by molar-refractivity contribution is 5.96. The molecular weight excluding hydrogens is 358 g/mol. The molecular formula is C26H35NO2. The van der Waals surface area contributed by atoms with E-state index in [0.29, 0.717) is 6.42 Å². The molecule has 0 atom stereocenters. The molecule has 3 nitrogen and oxygen atoms in total. The van der Waals surface area contributed by atoms with Crippen molar-refractivity contribution in [2.75, 3.05) is 19.6 Å². The van der Waals surface area contributed by atoms with Crippen molar-refractivity contribution in [1.29, 1.82) is 0 Å². The van der Waals surface area contributed by atoms with Gasteiger partial charge in [0.15, 0.2) is 5.78 Å². The minimum atomic E-state index is -0.713. The summed E-state index contributed by atoms with van der Waals surface area (Å²) in [5.41, 5.74) is 3.70. The van der Waals surface area contributed by atoms with Gasteiger partial charge < -0.3 is 10.0 Å². The molecule has 0 spiro atoms. The van der Waals surface area contributed by atoms with Gasteiger partial charge in [-0.15, -0.1) is 0 Å². The van der Waals surface area contributed by atoms with Crippen molar-refractivity contribution in [1.82, 2.24) is 4.90 Å². The smallest absolute Gasteiger partial charge is 0.162 e. The predicted octanol–water partition coefficient (Wildman–Crippen LogP) is 5.24. The first-order valence-corrected chi connectivity index (χ1v) is 10.8. The summed E-state index contributed by atoms with van der Waals surface area (Å²) in [5, 5.41) is 11.0. The highest BCUT2D eigenvalue weighted by Crippen LogP contribution is 2.33. The Labute approximate surface area is 175 Å². The van der Waals surface area contributed by atoms with E-state index in [1.54, 1.807) is 0 Å². The lowest BCUT2D eigenvalue weighted by molar-refractivity contribution is -0.0260. The molecule has 1 aliphatic rings. The lowest BCUT2D eigenvalue weighted by Gasteiger charge is -2.38. The van der Waals surface area contributed by atoms with Crippen LogP contribution in [0.3, 0.4) is 0 Å². The van der Waals surface area contributed by atoms with Gasteiger partial charge >= 0.3 is 0 Å². The molecule has 0 aliphatic carbocycles. The van der Waals surface area contributed by atoms with E-state index < -0.39 is 5.60 Å². The minimum Gasteiger partial charge on any atom is -0.385 e. The number of Topliss-reactive ketones (excluding diaryl/α,β-unsaturated/α-hetero) is 1. The number of carbonyl (C=O) groups excluding carboxylic acids is 1. The van der Waals surface area contributed by atoms with Gasteiger partial charge in [-0.3, -0.25) is 4.79 Å². The second kappa shape index (κ2) is 8.81. The Hall–Kier alpha value is -1.97. The molecule has 1 fully saturated rings. The van der Waals surface area contributed by atoms with Crippen LogP contribution in [0.4, 0.5) is 0 Å². The molecule has 0 saturated carbocycles. The number of rotatable bonds is 6. The normalized spacial score (nSPS) is 17.3. The first-order chi connectivity index (χ1) is 13.7. The fraction of sp³-hybridized carbons (Fsp3) is 0.500. The van der Waals surface area contributed by atoms with E-state index in [2.05, 4.69) is 69.0 Å². The Balaban J connectivity index is 1.45. The molecule has 29 heavy (non-hydrogen) atoms. The van der Waals surface area contributed by atoms with Gasteiger partial charge in [-0.1, -0.05) is 74.9 Å². The Morgan fingerprint density at radius 3 is 2.14 bits per heavy atom. The number of ketones is 1. The predicted molar refractivity (Wildman–Crippen MR) is 119 cm³/mol. The van der Waals surface area contributed by atoms with Crippen molar-refractivity contribution in [2.24, 2.45) is 0 Å². The molecule has 0 amide bonds. The maximum absolute atomic E-state index is 12.5. The summed E-state index contributed by atoms with van der Waals surface area (Å²) in [4.78, 5) is 14.9. The summed E-state index contributed by atoms with van der Waals surface area (Å²) in [5.74, 6) is 0.221. The largest absolute Gasteiger partial charge is 0.385 e. The molecule has 0 unspecified atom stereocenters.